The third-order valence-electron chi connectivity index (χ3n) is 2.91. The van der Waals surface area contributed by atoms with Crippen LogP contribution in [0.25, 0.3) is 0 Å². The standard InChI is InChI=1S/C14H19BrF3NO/c1-4-7-19-9(2)12-6-5-11(15)8-13(12)20-10(3)14(16,17)18/h5-6,8-10,19H,4,7H2,1-3H3. The summed E-state index contributed by atoms with van der Waals surface area (Å²) in [5.41, 5.74) is 0.720. The molecule has 0 saturated carbocycles. The van der Waals surface area contributed by atoms with Crippen molar-refractivity contribution < 1.29 is 17.9 Å². The van der Waals surface area contributed by atoms with E-state index < -0.39 is 12.3 Å². The SMILES string of the molecule is CCCNC(C)c1ccc(Br)cc1OC(C)C(F)(F)F. The van der Waals surface area contributed by atoms with Crippen molar-refractivity contribution in [2.75, 3.05) is 6.54 Å². The van der Waals surface area contributed by atoms with Gasteiger partial charge in [0.15, 0.2) is 6.10 Å². The molecular weight excluding hydrogens is 335 g/mol. The van der Waals surface area contributed by atoms with Gasteiger partial charge in [-0.25, -0.2) is 0 Å². The lowest BCUT2D eigenvalue weighted by Crippen LogP contribution is -2.32. The number of nitrogens with one attached hydrogen (secondary N) is 1. The van der Waals surface area contributed by atoms with E-state index in [0.29, 0.717) is 4.47 Å². The number of halogens is 4. The molecule has 114 valence electrons. The zero-order valence-electron chi connectivity index (χ0n) is 11.7. The van der Waals surface area contributed by atoms with Crippen LogP contribution in [0.5, 0.6) is 5.75 Å². The van der Waals surface area contributed by atoms with Crippen molar-refractivity contribution in [3.8, 4) is 5.75 Å². The van der Waals surface area contributed by atoms with E-state index in [1.165, 1.54) is 0 Å². The molecule has 20 heavy (non-hydrogen) atoms. The van der Waals surface area contributed by atoms with Gasteiger partial charge in [0, 0.05) is 16.1 Å². The molecule has 1 aromatic rings. The molecule has 2 nitrogen and oxygen atoms in total. The third-order valence-corrected chi connectivity index (χ3v) is 3.40. The van der Waals surface area contributed by atoms with Crippen LogP contribution in [0, 0.1) is 0 Å². The molecule has 2 atom stereocenters. The molecule has 0 aliphatic rings. The second-order valence-corrected chi connectivity index (χ2v) is 5.58. The van der Waals surface area contributed by atoms with E-state index in [-0.39, 0.29) is 11.8 Å². The lowest BCUT2D eigenvalue weighted by molar-refractivity contribution is -0.189. The van der Waals surface area contributed by atoms with E-state index in [9.17, 15) is 13.2 Å². The average molecular weight is 354 g/mol. The number of hydrogen-bond donors (Lipinski definition) is 1. The van der Waals surface area contributed by atoms with Crippen molar-refractivity contribution in [3.05, 3.63) is 28.2 Å². The van der Waals surface area contributed by atoms with Crippen LogP contribution in [0.4, 0.5) is 13.2 Å². The first kappa shape index (κ1) is 17.3. The van der Waals surface area contributed by atoms with Gasteiger partial charge in [0.25, 0.3) is 0 Å². The van der Waals surface area contributed by atoms with Crippen LogP contribution in [0.1, 0.15) is 38.8 Å². The second-order valence-electron chi connectivity index (χ2n) is 4.66. The predicted octanol–water partition coefficient (Wildman–Crippen LogP) is 4.84. The van der Waals surface area contributed by atoms with Gasteiger partial charge in [0.05, 0.1) is 0 Å². The first-order valence-corrected chi connectivity index (χ1v) is 7.31. The Labute approximate surface area is 125 Å². The third kappa shape index (κ3) is 4.98. The number of alkyl halides is 3. The molecule has 0 heterocycles. The Hall–Kier alpha value is -0.750. The van der Waals surface area contributed by atoms with Gasteiger partial charge in [-0.05, 0) is 38.9 Å². The molecule has 0 saturated heterocycles. The van der Waals surface area contributed by atoms with Crippen molar-refractivity contribution >= 4 is 15.9 Å². The minimum absolute atomic E-state index is 0.0708. The highest BCUT2D eigenvalue weighted by atomic mass is 79.9. The van der Waals surface area contributed by atoms with Crippen LogP contribution in [0.3, 0.4) is 0 Å². The normalized spacial score (nSPS) is 14.9. The van der Waals surface area contributed by atoms with Gasteiger partial charge in [0.1, 0.15) is 5.75 Å². The Balaban J connectivity index is 2.95. The molecule has 0 bridgehead atoms. The molecule has 0 aliphatic carbocycles. The Morgan fingerprint density at radius 3 is 2.50 bits per heavy atom. The highest BCUT2D eigenvalue weighted by molar-refractivity contribution is 9.10. The predicted molar refractivity (Wildman–Crippen MR) is 77.0 cm³/mol. The van der Waals surface area contributed by atoms with Crippen LogP contribution in [-0.2, 0) is 0 Å². The number of rotatable bonds is 6. The van der Waals surface area contributed by atoms with Crippen LogP contribution in [0.2, 0.25) is 0 Å². The zero-order valence-corrected chi connectivity index (χ0v) is 13.3. The number of ether oxygens (including phenoxy) is 1. The lowest BCUT2D eigenvalue weighted by Gasteiger charge is -2.23. The van der Waals surface area contributed by atoms with Gasteiger partial charge in [-0.3, -0.25) is 0 Å². The largest absolute Gasteiger partial charge is 0.481 e. The summed E-state index contributed by atoms with van der Waals surface area (Å²) < 4.78 is 43.6. The van der Waals surface area contributed by atoms with Gasteiger partial charge < -0.3 is 10.1 Å². The molecule has 1 rings (SSSR count). The number of benzene rings is 1. The van der Waals surface area contributed by atoms with Gasteiger partial charge in [-0.1, -0.05) is 28.9 Å². The second kappa shape index (κ2) is 7.31. The van der Waals surface area contributed by atoms with Crippen LogP contribution in [0.15, 0.2) is 22.7 Å². The Morgan fingerprint density at radius 1 is 1.30 bits per heavy atom. The fraction of sp³-hybridized carbons (Fsp3) is 0.571. The van der Waals surface area contributed by atoms with Crippen molar-refractivity contribution in [3.63, 3.8) is 0 Å². The summed E-state index contributed by atoms with van der Waals surface area (Å²) in [6.07, 6.45) is -5.26. The van der Waals surface area contributed by atoms with Crippen LogP contribution >= 0.6 is 15.9 Å². The first-order chi connectivity index (χ1) is 9.25. The van der Waals surface area contributed by atoms with E-state index in [1.807, 2.05) is 13.8 Å². The van der Waals surface area contributed by atoms with Gasteiger partial charge >= 0.3 is 6.18 Å². The molecule has 6 heteroatoms. The maximum absolute atomic E-state index is 12.6. The van der Waals surface area contributed by atoms with Gasteiger partial charge in [-0.2, -0.15) is 13.2 Å². The maximum atomic E-state index is 12.6. The highest BCUT2D eigenvalue weighted by Gasteiger charge is 2.38. The molecular formula is C14H19BrF3NO. The first-order valence-electron chi connectivity index (χ1n) is 6.52. The Bertz CT molecular complexity index is 437. The van der Waals surface area contributed by atoms with Crippen LogP contribution < -0.4 is 10.1 Å². The fourth-order valence-electron chi connectivity index (χ4n) is 1.70. The molecule has 2 unspecified atom stereocenters. The van der Waals surface area contributed by atoms with Crippen molar-refractivity contribution in [1.82, 2.24) is 5.32 Å². The van der Waals surface area contributed by atoms with E-state index >= 15 is 0 Å². The molecule has 0 radical (unpaired) electrons. The highest BCUT2D eigenvalue weighted by Crippen LogP contribution is 2.32. The topological polar surface area (TPSA) is 21.3 Å². The summed E-state index contributed by atoms with van der Waals surface area (Å²) in [7, 11) is 0. The van der Waals surface area contributed by atoms with Gasteiger partial charge in [-0.15, -0.1) is 0 Å². The number of hydrogen-bond acceptors (Lipinski definition) is 2. The summed E-state index contributed by atoms with van der Waals surface area (Å²) >= 11 is 3.26. The molecule has 0 amide bonds. The van der Waals surface area contributed by atoms with Crippen molar-refractivity contribution in [2.24, 2.45) is 0 Å². The minimum atomic E-state index is -4.38. The molecule has 1 aromatic carbocycles. The Morgan fingerprint density at radius 2 is 1.95 bits per heavy atom. The van der Waals surface area contributed by atoms with E-state index in [2.05, 4.69) is 21.2 Å². The van der Waals surface area contributed by atoms with Gasteiger partial charge in [0.2, 0.25) is 0 Å². The van der Waals surface area contributed by atoms with Crippen molar-refractivity contribution in [1.29, 1.82) is 0 Å². The molecule has 0 aromatic heterocycles. The molecule has 1 N–H and O–H groups in total. The maximum Gasteiger partial charge on any atom is 0.425 e. The molecule has 0 fully saturated rings. The monoisotopic (exact) mass is 353 g/mol. The van der Waals surface area contributed by atoms with E-state index in [0.717, 1.165) is 25.5 Å². The fourth-order valence-corrected chi connectivity index (χ4v) is 2.04. The summed E-state index contributed by atoms with van der Waals surface area (Å²) in [6, 6.07) is 5.07. The van der Waals surface area contributed by atoms with E-state index in [1.54, 1.807) is 18.2 Å². The average Bonchev–Trinajstić information content (AvgIpc) is 2.35. The van der Waals surface area contributed by atoms with E-state index in [4.69, 9.17) is 4.74 Å². The van der Waals surface area contributed by atoms with Crippen LogP contribution in [-0.4, -0.2) is 18.8 Å². The molecule has 0 spiro atoms. The molecule has 0 aliphatic heterocycles. The quantitative estimate of drug-likeness (QED) is 0.789. The smallest absolute Gasteiger partial charge is 0.425 e. The summed E-state index contributed by atoms with van der Waals surface area (Å²) in [5, 5.41) is 3.24. The van der Waals surface area contributed by atoms with Crippen molar-refractivity contribution in [2.45, 2.75) is 45.5 Å². The minimum Gasteiger partial charge on any atom is -0.481 e. The lowest BCUT2D eigenvalue weighted by atomic mass is 10.1. The Kier molecular flexibility index (Phi) is 6.33. The summed E-state index contributed by atoms with van der Waals surface area (Å²) in [5.74, 6) is 0.250. The summed E-state index contributed by atoms with van der Waals surface area (Å²) in [6.45, 7) is 5.74. The summed E-state index contributed by atoms with van der Waals surface area (Å²) in [4.78, 5) is 0. The zero-order chi connectivity index (χ0) is 15.3.